The molecule has 1 fully saturated rings. The number of carbonyl (C=O) groups excluding carboxylic acids is 1. The molecule has 0 bridgehead atoms. The molecule has 3 N–H and O–H groups in total. The van der Waals surface area contributed by atoms with Crippen LogP contribution in [-0.2, 0) is 0 Å². The maximum Gasteiger partial charge on any atom is 0.332 e. The van der Waals surface area contributed by atoms with Crippen LogP contribution < -0.4 is 11.2 Å². The number of hydrogen-bond acceptors (Lipinski definition) is 2. The first-order chi connectivity index (χ1) is 6.74. The average molecular weight is 195 g/mol. The van der Waals surface area contributed by atoms with Crippen LogP contribution in [0.5, 0.6) is 0 Å². The predicted octanol–water partition coefficient (Wildman–Crippen LogP) is 1.78. The standard InChI is InChI=1S/C10H17N3O/c1-2-5-8-6-3-4-7-9(8)12-13-10(11)14/h2,8H,1,3-7H2,(H3,11,13,14)/b12-9-/t8-/m0/s1. The Morgan fingerprint density at radius 1 is 1.71 bits per heavy atom. The number of nitrogens with two attached hydrogens (primary N) is 1. The lowest BCUT2D eigenvalue weighted by Gasteiger charge is -2.22. The lowest BCUT2D eigenvalue weighted by Crippen LogP contribution is -2.28. The van der Waals surface area contributed by atoms with Crippen LogP contribution in [0.15, 0.2) is 17.8 Å². The molecule has 14 heavy (non-hydrogen) atoms. The van der Waals surface area contributed by atoms with Gasteiger partial charge in [0.25, 0.3) is 0 Å². The summed E-state index contributed by atoms with van der Waals surface area (Å²) < 4.78 is 0. The molecule has 0 radical (unpaired) electrons. The first kappa shape index (κ1) is 10.8. The number of amides is 2. The van der Waals surface area contributed by atoms with Crippen LogP contribution >= 0.6 is 0 Å². The van der Waals surface area contributed by atoms with E-state index in [1.165, 1.54) is 6.42 Å². The number of hydrazone groups is 1. The molecule has 0 aliphatic heterocycles. The van der Waals surface area contributed by atoms with Crippen molar-refractivity contribution in [2.45, 2.75) is 32.1 Å². The highest BCUT2D eigenvalue weighted by Crippen LogP contribution is 2.24. The molecule has 0 heterocycles. The molecule has 0 aromatic heterocycles. The van der Waals surface area contributed by atoms with Crippen molar-refractivity contribution < 1.29 is 4.79 Å². The Bertz CT molecular complexity index is 248. The van der Waals surface area contributed by atoms with Gasteiger partial charge in [-0.3, -0.25) is 0 Å². The van der Waals surface area contributed by atoms with E-state index in [0.717, 1.165) is 31.4 Å². The molecule has 1 aliphatic carbocycles. The number of hydrogen-bond donors (Lipinski definition) is 2. The van der Waals surface area contributed by atoms with Crippen molar-refractivity contribution in [2.75, 3.05) is 0 Å². The first-order valence-corrected chi connectivity index (χ1v) is 4.97. The zero-order valence-corrected chi connectivity index (χ0v) is 8.33. The number of urea groups is 1. The molecule has 0 unspecified atom stereocenters. The van der Waals surface area contributed by atoms with Gasteiger partial charge in [-0.25, -0.2) is 10.2 Å². The molecule has 2 amide bonds. The smallest absolute Gasteiger partial charge is 0.332 e. The van der Waals surface area contributed by atoms with Gasteiger partial charge in [0, 0.05) is 11.6 Å². The van der Waals surface area contributed by atoms with Gasteiger partial charge in [0.05, 0.1) is 0 Å². The minimum absolute atomic E-state index is 0.438. The van der Waals surface area contributed by atoms with Crippen molar-refractivity contribution in [3.8, 4) is 0 Å². The first-order valence-electron chi connectivity index (χ1n) is 4.97. The van der Waals surface area contributed by atoms with Gasteiger partial charge in [-0.05, 0) is 25.7 Å². The molecule has 4 nitrogen and oxygen atoms in total. The number of nitrogens with zero attached hydrogens (tertiary/aromatic N) is 1. The summed E-state index contributed by atoms with van der Waals surface area (Å²) >= 11 is 0. The average Bonchev–Trinajstić information content (AvgIpc) is 2.17. The largest absolute Gasteiger partial charge is 0.350 e. The molecular weight excluding hydrogens is 178 g/mol. The molecule has 1 atom stereocenters. The van der Waals surface area contributed by atoms with Crippen LogP contribution in [-0.4, -0.2) is 11.7 Å². The quantitative estimate of drug-likeness (QED) is 0.523. The fourth-order valence-corrected chi connectivity index (χ4v) is 1.80. The van der Waals surface area contributed by atoms with E-state index in [2.05, 4.69) is 17.1 Å². The maximum absolute atomic E-state index is 10.5. The van der Waals surface area contributed by atoms with Gasteiger partial charge in [0.1, 0.15) is 0 Å². The molecule has 1 rings (SSSR count). The van der Waals surface area contributed by atoms with Crippen LogP contribution in [0, 0.1) is 5.92 Å². The summed E-state index contributed by atoms with van der Waals surface area (Å²) in [7, 11) is 0. The van der Waals surface area contributed by atoms with Crippen molar-refractivity contribution in [3.63, 3.8) is 0 Å². The Labute approximate surface area is 84.2 Å². The van der Waals surface area contributed by atoms with Crippen molar-refractivity contribution in [2.24, 2.45) is 16.8 Å². The van der Waals surface area contributed by atoms with E-state index in [0.29, 0.717) is 5.92 Å². The second kappa shape index (κ2) is 5.42. The highest BCUT2D eigenvalue weighted by Gasteiger charge is 2.19. The zero-order valence-electron chi connectivity index (χ0n) is 8.33. The Balaban J connectivity index is 2.56. The normalized spacial score (nSPS) is 24.6. The van der Waals surface area contributed by atoms with E-state index < -0.39 is 6.03 Å². The highest BCUT2D eigenvalue weighted by atomic mass is 16.2. The summed E-state index contributed by atoms with van der Waals surface area (Å²) in [6, 6.07) is -0.597. The predicted molar refractivity (Wildman–Crippen MR) is 56.9 cm³/mol. The fourth-order valence-electron chi connectivity index (χ4n) is 1.80. The number of allylic oxidation sites excluding steroid dienone is 1. The van der Waals surface area contributed by atoms with Crippen LogP contribution in [0.2, 0.25) is 0 Å². The summed E-state index contributed by atoms with van der Waals surface area (Å²) in [4.78, 5) is 10.5. The highest BCUT2D eigenvalue weighted by molar-refractivity contribution is 5.88. The van der Waals surface area contributed by atoms with E-state index in [9.17, 15) is 4.79 Å². The molecule has 0 spiro atoms. The van der Waals surface area contributed by atoms with E-state index in [4.69, 9.17) is 5.73 Å². The van der Waals surface area contributed by atoms with Crippen molar-refractivity contribution in [1.29, 1.82) is 0 Å². The third-order valence-corrected chi connectivity index (χ3v) is 2.47. The SMILES string of the molecule is C=CC[C@H]1CCCC/C1=N/NC(N)=O. The number of nitrogens with one attached hydrogen (secondary N) is 1. The molecular formula is C10H17N3O. The third kappa shape index (κ3) is 3.20. The number of carbonyl (C=O) groups is 1. The van der Waals surface area contributed by atoms with Crippen molar-refractivity contribution in [1.82, 2.24) is 5.43 Å². The Morgan fingerprint density at radius 3 is 3.14 bits per heavy atom. The lowest BCUT2D eigenvalue weighted by atomic mass is 9.85. The van der Waals surface area contributed by atoms with Gasteiger partial charge < -0.3 is 5.73 Å². The second-order valence-electron chi connectivity index (χ2n) is 3.55. The van der Waals surface area contributed by atoms with E-state index in [1.807, 2.05) is 6.08 Å². The minimum atomic E-state index is -0.597. The third-order valence-electron chi connectivity index (χ3n) is 2.47. The summed E-state index contributed by atoms with van der Waals surface area (Å²) in [5, 5.41) is 4.03. The number of rotatable bonds is 3. The summed E-state index contributed by atoms with van der Waals surface area (Å²) in [6.45, 7) is 3.72. The minimum Gasteiger partial charge on any atom is -0.350 e. The maximum atomic E-state index is 10.5. The molecule has 0 aromatic carbocycles. The van der Waals surface area contributed by atoms with E-state index >= 15 is 0 Å². The van der Waals surface area contributed by atoms with Crippen LogP contribution in [0.3, 0.4) is 0 Å². The monoisotopic (exact) mass is 195 g/mol. The fraction of sp³-hybridized carbons (Fsp3) is 0.600. The van der Waals surface area contributed by atoms with Crippen molar-refractivity contribution in [3.05, 3.63) is 12.7 Å². The van der Waals surface area contributed by atoms with Gasteiger partial charge in [-0.1, -0.05) is 12.5 Å². The zero-order chi connectivity index (χ0) is 10.4. The van der Waals surface area contributed by atoms with Crippen LogP contribution in [0.4, 0.5) is 4.79 Å². The van der Waals surface area contributed by atoms with E-state index in [-0.39, 0.29) is 0 Å². The Morgan fingerprint density at radius 2 is 2.50 bits per heavy atom. The molecule has 1 saturated carbocycles. The van der Waals surface area contributed by atoms with Gasteiger partial charge >= 0.3 is 6.03 Å². The molecule has 4 heteroatoms. The molecule has 0 saturated heterocycles. The lowest BCUT2D eigenvalue weighted by molar-refractivity contribution is 0.249. The van der Waals surface area contributed by atoms with Gasteiger partial charge in [-0.15, -0.1) is 6.58 Å². The summed E-state index contributed by atoms with van der Waals surface area (Å²) in [5.74, 6) is 0.438. The van der Waals surface area contributed by atoms with Gasteiger partial charge in [0.2, 0.25) is 0 Å². The Kier molecular flexibility index (Phi) is 4.16. The van der Waals surface area contributed by atoms with Gasteiger partial charge in [0.15, 0.2) is 0 Å². The summed E-state index contributed by atoms with van der Waals surface area (Å²) in [6.07, 6.45) is 7.29. The molecule has 1 aliphatic rings. The summed E-state index contributed by atoms with van der Waals surface area (Å²) in [5.41, 5.74) is 8.30. The Hall–Kier alpha value is -1.32. The topological polar surface area (TPSA) is 67.5 Å². The van der Waals surface area contributed by atoms with Crippen LogP contribution in [0.25, 0.3) is 0 Å². The van der Waals surface area contributed by atoms with Gasteiger partial charge in [-0.2, -0.15) is 5.10 Å². The number of primary amides is 1. The van der Waals surface area contributed by atoms with E-state index in [1.54, 1.807) is 0 Å². The molecule has 78 valence electrons. The molecule has 0 aromatic rings. The second-order valence-corrected chi connectivity index (χ2v) is 3.55. The van der Waals surface area contributed by atoms with Crippen LogP contribution in [0.1, 0.15) is 32.1 Å². The van der Waals surface area contributed by atoms with Crippen molar-refractivity contribution >= 4 is 11.7 Å².